The van der Waals surface area contributed by atoms with Crippen molar-refractivity contribution in [2.24, 2.45) is 0 Å². The number of allylic oxidation sites excluding steroid dienone is 4. The van der Waals surface area contributed by atoms with Gasteiger partial charge in [-0.1, -0.05) is 194 Å². The van der Waals surface area contributed by atoms with Crippen LogP contribution < -0.4 is 4.90 Å². The molecule has 0 bridgehead atoms. The van der Waals surface area contributed by atoms with Gasteiger partial charge in [0.15, 0.2) is 0 Å². The molecule has 0 saturated heterocycles. The van der Waals surface area contributed by atoms with Crippen LogP contribution in [0.3, 0.4) is 0 Å². The Hall–Kier alpha value is -6.96. The van der Waals surface area contributed by atoms with Gasteiger partial charge in [-0.15, -0.1) is 0 Å². The molecule has 3 aliphatic carbocycles. The summed E-state index contributed by atoms with van der Waals surface area (Å²) in [6.07, 6.45) is 9.36. The molecule has 0 aliphatic heterocycles. The van der Waals surface area contributed by atoms with E-state index in [-0.39, 0.29) is 0 Å². The summed E-state index contributed by atoms with van der Waals surface area (Å²) in [5.41, 5.74) is 18.0. The van der Waals surface area contributed by atoms with E-state index < -0.39 is 10.8 Å². The van der Waals surface area contributed by atoms with E-state index in [4.69, 9.17) is 0 Å². The van der Waals surface area contributed by atoms with Crippen molar-refractivity contribution < 1.29 is 0 Å². The van der Waals surface area contributed by atoms with Gasteiger partial charge in [0.2, 0.25) is 0 Å². The van der Waals surface area contributed by atoms with Gasteiger partial charge in [-0.05, 0) is 104 Å². The van der Waals surface area contributed by atoms with Crippen molar-refractivity contribution in [3.63, 3.8) is 0 Å². The molecule has 11 rings (SSSR count). The quantitative estimate of drug-likeness (QED) is 0.165. The lowest BCUT2D eigenvalue weighted by Crippen LogP contribution is -2.45. The maximum atomic E-state index is 2.49. The molecule has 1 spiro atoms. The van der Waals surface area contributed by atoms with E-state index in [1.54, 1.807) is 0 Å². The highest BCUT2D eigenvalue weighted by Gasteiger charge is 2.57. The SMILES string of the molecule is C1=CC(C2(c3ccccc3)c3ccccc3C3(c4ccccc4-c4c(N(c5ccccc5)c5ccc(-c6ccccc6)cc5)cccc43)c3ccccc32)=CCC1. The van der Waals surface area contributed by atoms with Gasteiger partial charge in [0, 0.05) is 16.9 Å². The zero-order valence-corrected chi connectivity index (χ0v) is 31.7. The van der Waals surface area contributed by atoms with E-state index in [1.165, 1.54) is 72.5 Å². The Morgan fingerprint density at radius 3 is 1.51 bits per heavy atom. The molecule has 0 unspecified atom stereocenters. The van der Waals surface area contributed by atoms with Gasteiger partial charge >= 0.3 is 0 Å². The fraction of sp³-hybridized carbons (Fsp3) is 0.0714. The summed E-state index contributed by atoms with van der Waals surface area (Å²) >= 11 is 0. The summed E-state index contributed by atoms with van der Waals surface area (Å²) in [5, 5.41) is 0. The predicted molar refractivity (Wildman–Crippen MR) is 237 cm³/mol. The Morgan fingerprint density at radius 2 is 0.877 bits per heavy atom. The molecule has 8 aromatic rings. The van der Waals surface area contributed by atoms with Crippen LogP contribution in [0.5, 0.6) is 0 Å². The maximum absolute atomic E-state index is 2.49. The molecule has 0 saturated carbocycles. The van der Waals surface area contributed by atoms with Crippen molar-refractivity contribution in [3.8, 4) is 22.3 Å². The summed E-state index contributed by atoms with van der Waals surface area (Å²) in [6.45, 7) is 0. The number of hydrogen-bond acceptors (Lipinski definition) is 1. The summed E-state index contributed by atoms with van der Waals surface area (Å²) in [6, 6.07) is 76.7. The average molecular weight is 728 g/mol. The predicted octanol–water partition coefficient (Wildman–Crippen LogP) is 14.1. The second kappa shape index (κ2) is 13.4. The second-order valence-corrected chi connectivity index (χ2v) is 15.4. The zero-order chi connectivity index (χ0) is 37.8. The minimum atomic E-state index is -0.550. The minimum absolute atomic E-state index is 0.484. The summed E-state index contributed by atoms with van der Waals surface area (Å²) in [4.78, 5) is 2.45. The number of anilines is 3. The van der Waals surface area contributed by atoms with Gasteiger partial charge in [0.25, 0.3) is 0 Å². The minimum Gasteiger partial charge on any atom is -0.310 e. The zero-order valence-electron chi connectivity index (χ0n) is 31.7. The topological polar surface area (TPSA) is 3.24 Å². The van der Waals surface area contributed by atoms with E-state index in [9.17, 15) is 0 Å². The highest BCUT2D eigenvalue weighted by atomic mass is 15.1. The number of fused-ring (bicyclic) bond motifs is 9. The monoisotopic (exact) mass is 727 g/mol. The smallest absolute Gasteiger partial charge is 0.0720 e. The third-order valence-corrected chi connectivity index (χ3v) is 12.6. The molecule has 3 aliphatic rings. The first-order valence-electron chi connectivity index (χ1n) is 20.2. The molecular weight excluding hydrogens is 687 g/mol. The number of hydrogen-bond donors (Lipinski definition) is 0. The van der Waals surface area contributed by atoms with Crippen LogP contribution in [0.2, 0.25) is 0 Å². The first-order valence-corrected chi connectivity index (χ1v) is 20.2. The molecule has 8 aromatic carbocycles. The molecule has 57 heavy (non-hydrogen) atoms. The standard InChI is InChI=1S/C56H41N/c1-5-20-40(21-6-1)41-36-38-45(39-37-41)57(44-26-11-4-12-27-44)53-35-19-34-52-54(53)46-28-13-14-29-47(46)56(52)50-32-17-15-30-48(50)55(42-22-7-2-8-23-42,43-24-9-3-10-25-43)49-31-16-18-33-51(49)56/h1-2,4-9,11-39H,3,10H2. The van der Waals surface area contributed by atoms with E-state index in [0.717, 1.165) is 24.2 Å². The van der Waals surface area contributed by atoms with Gasteiger partial charge in [-0.25, -0.2) is 0 Å². The maximum Gasteiger partial charge on any atom is 0.0720 e. The van der Waals surface area contributed by atoms with Crippen LogP contribution in [-0.2, 0) is 10.8 Å². The Bertz CT molecular complexity index is 2780. The van der Waals surface area contributed by atoms with E-state index in [2.05, 4.69) is 229 Å². The molecule has 0 amide bonds. The van der Waals surface area contributed by atoms with Gasteiger partial charge in [0.1, 0.15) is 0 Å². The van der Waals surface area contributed by atoms with Gasteiger partial charge < -0.3 is 4.90 Å². The lowest BCUT2D eigenvalue weighted by atomic mass is 9.51. The molecule has 0 heterocycles. The largest absolute Gasteiger partial charge is 0.310 e. The summed E-state index contributed by atoms with van der Waals surface area (Å²) in [7, 11) is 0. The van der Waals surface area contributed by atoms with Crippen LogP contribution in [-0.4, -0.2) is 0 Å². The van der Waals surface area contributed by atoms with Crippen molar-refractivity contribution in [1.29, 1.82) is 0 Å². The van der Waals surface area contributed by atoms with Crippen LogP contribution in [0.4, 0.5) is 17.1 Å². The van der Waals surface area contributed by atoms with Crippen LogP contribution in [0.15, 0.2) is 230 Å². The van der Waals surface area contributed by atoms with Crippen LogP contribution >= 0.6 is 0 Å². The molecule has 1 nitrogen and oxygen atoms in total. The fourth-order valence-corrected chi connectivity index (χ4v) is 10.4. The Kier molecular flexibility index (Phi) is 7.82. The average Bonchev–Trinajstić information content (AvgIpc) is 3.60. The van der Waals surface area contributed by atoms with Crippen molar-refractivity contribution >= 4 is 17.1 Å². The first kappa shape index (κ1) is 33.4. The molecule has 0 radical (unpaired) electrons. The van der Waals surface area contributed by atoms with Crippen molar-refractivity contribution in [2.45, 2.75) is 23.7 Å². The number of rotatable bonds is 6. The van der Waals surface area contributed by atoms with Crippen LogP contribution in [0.25, 0.3) is 22.3 Å². The number of benzene rings is 8. The van der Waals surface area contributed by atoms with E-state index in [0.29, 0.717) is 0 Å². The van der Waals surface area contributed by atoms with Crippen molar-refractivity contribution in [1.82, 2.24) is 0 Å². The first-order chi connectivity index (χ1) is 28.3. The van der Waals surface area contributed by atoms with Gasteiger partial charge in [-0.2, -0.15) is 0 Å². The third-order valence-electron chi connectivity index (χ3n) is 12.6. The molecule has 0 fully saturated rings. The Balaban J connectivity index is 1.22. The number of para-hydroxylation sites is 1. The summed E-state index contributed by atoms with van der Waals surface area (Å²) < 4.78 is 0. The van der Waals surface area contributed by atoms with Gasteiger partial charge in [-0.3, -0.25) is 0 Å². The highest BCUT2D eigenvalue weighted by molar-refractivity contribution is 5.98. The van der Waals surface area contributed by atoms with Gasteiger partial charge in [0.05, 0.1) is 16.5 Å². The second-order valence-electron chi connectivity index (χ2n) is 15.4. The molecule has 0 N–H and O–H groups in total. The van der Waals surface area contributed by atoms with Crippen molar-refractivity contribution in [3.05, 3.63) is 269 Å². The molecule has 270 valence electrons. The lowest BCUT2D eigenvalue weighted by molar-refractivity contribution is 0.619. The third kappa shape index (κ3) is 4.82. The number of nitrogens with zero attached hydrogens (tertiary/aromatic N) is 1. The Labute approximate surface area is 335 Å². The van der Waals surface area contributed by atoms with Crippen molar-refractivity contribution in [2.75, 3.05) is 4.90 Å². The van der Waals surface area contributed by atoms with E-state index in [1.807, 2.05) is 0 Å². The Morgan fingerprint density at radius 1 is 0.368 bits per heavy atom. The normalized spacial score (nSPS) is 18.6. The molecule has 1 heteroatoms. The highest BCUT2D eigenvalue weighted by Crippen LogP contribution is 2.66. The van der Waals surface area contributed by atoms with E-state index >= 15 is 0 Å². The molecular formula is C56H41N. The fourth-order valence-electron chi connectivity index (χ4n) is 10.4. The molecule has 0 atom stereocenters. The lowest BCUT2D eigenvalue weighted by Gasteiger charge is -2.50. The van der Waals surface area contributed by atoms with Crippen LogP contribution in [0.1, 0.15) is 51.8 Å². The van der Waals surface area contributed by atoms with Crippen LogP contribution in [0, 0.1) is 0 Å². The molecule has 0 aromatic heterocycles. The summed E-state index contributed by atoms with van der Waals surface area (Å²) in [5.74, 6) is 0.